The van der Waals surface area contributed by atoms with Crippen LogP contribution >= 0.6 is 0 Å². The van der Waals surface area contributed by atoms with Gasteiger partial charge in [-0.3, -0.25) is 9.59 Å². The van der Waals surface area contributed by atoms with Crippen LogP contribution in [0, 0.1) is 0 Å². The molecule has 1 aliphatic carbocycles. The van der Waals surface area contributed by atoms with Crippen LogP contribution in [0.15, 0.2) is 42.0 Å². The van der Waals surface area contributed by atoms with Gasteiger partial charge in [0, 0.05) is 25.6 Å². The summed E-state index contributed by atoms with van der Waals surface area (Å²) in [6.07, 6.45) is 9.02. The molecule has 0 bridgehead atoms. The van der Waals surface area contributed by atoms with Gasteiger partial charge in [-0.05, 0) is 37.7 Å². The first-order chi connectivity index (χ1) is 11.7. The Kier molecular flexibility index (Phi) is 5.68. The van der Waals surface area contributed by atoms with Crippen molar-refractivity contribution in [2.45, 2.75) is 51.0 Å². The van der Waals surface area contributed by atoms with E-state index in [2.05, 4.69) is 5.32 Å². The first-order valence-electron chi connectivity index (χ1n) is 9.05. The maximum Gasteiger partial charge on any atom is 0.244 e. The Morgan fingerprint density at radius 2 is 1.83 bits per heavy atom. The van der Waals surface area contributed by atoms with Gasteiger partial charge in [-0.25, -0.2) is 0 Å². The van der Waals surface area contributed by atoms with E-state index in [0.717, 1.165) is 31.4 Å². The summed E-state index contributed by atoms with van der Waals surface area (Å²) >= 11 is 0. The number of rotatable bonds is 5. The molecule has 2 aliphatic rings. The number of likely N-dealkylation sites (tertiary alicyclic amines) is 1. The van der Waals surface area contributed by atoms with E-state index in [1.165, 1.54) is 24.8 Å². The third-order valence-electron chi connectivity index (χ3n) is 4.92. The predicted molar refractivity (Wildman–Crippen MR) is 94.3 cm³/mol. The molecule has 0 aromatic heterocycles. The maximum atomic E-state index is 12.5. The van der Waals surface area contributed by atoms with Gasteiger partial charge in [0.05, 0.1) is 6.04 Å². The summed E-state index contributed by atoms with van der Waals surface area (Å²) < 4.78 is 0. The monoisotopic (exact) mass is 326 g/mol. The van der Waals surface area contributed by atoms with E-state index >= 15 is 0 Å². The lowest BCUT2D eigenvalue weighted by Crippen LogP contribution is -2.38. The molecule has 0 spiro atoms. The lowest BCUT2D eigenvalue weighted by Gasteiger charge is -2.25. The molecule has 2 amide bonds. The molecule has 1 N–H and O–H groups in total. The average Bonchev–Trinajstić information content (AvgIpc) is 3.01. The minimum Gasteiger partial charge on any atom is -0.344 e. The van der Waals surface area contributed by atoms with Crippen molar-refractivity contribution in [1.82, 2.24) is 10.2 Å². The van der Waals surface area contributed by atoms with Crippen LogP contribution in [0.4, 0.5) is 0 Å². The Hall–Kier alpha value is -2.10. The first kappa shape index (κ1) is 16.7. The SMILES string of the molecule is O=C(C=C1CCCCC1)NC(CN1CCCC1=O)c1ccccc1. The van der Waals surface area contributed by atoms with Crippen molar-refractivity contribution in [1.29, 1.82) is 0 Å². The van der Waals surface area contributed by atoms with Gasteiger partial charge >= 0.3 is 0 Å². The molecule has 128 valence electrons. The lowest BCUT2D eigenvalue weighted by molar-refractivity contribution is -0.128. The van der Waals surface area contributed by atoms with E-state index in [1.807, 2.05) is 35.2 Å². The highest BCUT2D eigenvalue weighted by molar-refractivity contribution is 5.88. The number of carbonyl (C=O) groups is 2. The first-order valence-corrected chi connectivity index (χ1v) is 9.05. The van der Waals surface area contributed by atoms with Crippen molar-refractivity contribution < 1.29 is 9.59 Å². The number of hydrogen-bond donors (Lipinski definition) is 1. The fourth-order valence-corrected chi connectivity index (χ4v) is 3.59. The Labute approximate surface area is 143 Å². The van der Waals surface area contributed by atoms with Crippen LogP contribution < -0.4 is 5.32 Å². The third-order valence-corrected chi connectivity index (χ3v) is 4.92. The summed E-state index contributed by atoms with van der Waals surface area (Å²) in [5, 5.41) is 3.12. The van der Waals surface area contributed by atoms with Gasteiger partial charge in [-0.2, -0.15) is 0 Å². The normalized spacial score (nSPS) is 19.2. The molecule has 1 saturated heterocycles. The Bertz CT molecular complexity index is 601. The molecular weight excluding hydrogens is 300 g/mol. The van der Waals surface area contributed by atoms with Gasteiger partial charge in [-0.1, -0.05) is 42.3 Å². The summed E-state index contributed by atoms with van der Waals surface area (Å²) in [5.41, 5.74) is 2.30. The van der Waals surface area contributed by atoms with E-state index in [9.17, 15) is 9.59 Å². The second-order valence-corrected chi connectivity index (χ2v) is 6.78. The molecule has 1 aromatic rings. The lowest BCUT2D eigenvalue weighted by atomic mass is 9.94. The van der Waals surface area contributed by atoms with E-state index in [1.54, 1.807) is 6.08 Å². The molecule has 2 fully saturated rings. The Morgan fingerprint density at radius 3 is 2.50 bits per heavy atom. The number of nitrogens with zero attached hydrogens (tertiary/aromatic N) is 1. The highest BCUT2D eigenvalue weighted by Gasteiger charge is 2.25. The van der Waals surface area contributed by atoms with E-state index in [4.69, 9.17) is 0 Å². The predicted octanol–water partition coefficient (Wildman–Crippen LogP) is 3.36. The van der Waals surface area contributed by atoms with Crippen molar-refractivity contribution in [3.63, 3.8) is 0 Å². The second-order valence-electron chi connectivity index (χ2n) is 6.78. The topological polar surface area (TPSA) is 49.4 Å². The quantitative estimate of drug-likeness (QED) is 0.844. The summed E-state index contributed by atoms with van der Waals surface area (Å²) in [7, 11) is 0. The van der Waals surface area contributed by atoms with Crippen LogP contribution in [0.1, 0.15) is 56.6 Å². The van der Waals surface area contributed by atoms with E-state index in [0.29, 0.717) is 13.0 Å². The van der Waals surface area contributed by atoms with Crippen LogP contribution in [0.5, 0.6) is 0 Å². The Balaban J connectivity index is 1.69. The number of allylic oxidation sites excluding steroid dienone is 1. The number of carbonyl (C=O) groups excluding carboxylic acids is 2. The maximum absolute atomic E-state index is 12.5. The standard InChI is InChI=1S/C20H26N2O2/c23-19(14-16-8-3-1-4-9-16)21-18(17-10-5-2-6-11-17)15-22-13-7-12-20(22)24/h2,5-6,10-11,14,18H,1,3-4,7-9,12-13,15H2,(H,21,23). The zero-order valence-electron chi connectivity index (χ0n) is 14.2. The zero-order valence-corrected chi connectivity index (χ0v) is 14.2. The number of amides is 2. The fraction of sp³-hybridized carbons (Fsp3) is 0.500. The molecular formula is C20H26N2O2. The second kappa shape index (κ2) is 8.13. The number of nitrogens with one attached hydrogen (secondary N) is 1. The summed E-state index contributed by atoms with van der Waals surface area (Å²) in [6, 6.07) is 9.78. The van der Waals surface area contributed by atoms with Crippen molar-refractivity contribution in [3.8, 4) is 0 Å². The van der Waals surface area contributed by atoms with Crippen LogP contribution in [0.25, 0.3) is 0 Å². The minimum absolute atomic E-state index is 0.0348. The Morgan fingerprint density at radius 1 is 1.08 bits per heavy atom. The molecule has 1 atom stereocenters. The fourth-order valence-electron chi connectivity index (χ4n) is 3.59. The van der Waals surface area contributed by atoms with Gasteiger partial charge in [-0.15, -0.1) is 0 Å². The third kappa shape index (κ3) is 4.47. The molecule has 4 heteroatoms. The molecule has 1 aromatic carbocycles. The van der Waals surface area contributed by atoms with Crippen molar-refractivity contribution in [3.05, 3.63) is 47.5 Å². The van der Waals surface area contributed by atoms with Crippen molar-refractivity contribution in [2.75, 3.05) is 13.1 Å². The average molecular weight is 326 g/mol. The van der Waals surface area contributed by atoms with Crippen LogP contribution in [0.3, 0.4) is 0 Å². The zero-order chi connectivity index (χ0) is 16.8. The van der Waals surface area contributed by atoms with Gasteiger partial charge in [0.25, 0.3) is 0 Å². The van der Waals surface area contributed by atoms with Crippen molar-refractivity contribution >= 4 is 11.8 Å². The highest BCUT2D eigenvalue weighted by atomic mass is 16.2. The highest BCUT2D eigenvalue weighted by Crippen LogP contribution is 2.23. The number of hydrogen-bond acceptors (Lipinski definition) is 2. The van der Waals surface area contributed by atoms with Crippen LogP contribution in [-0.4, -0.2) is 29.8 Å². The molecule has 4 nitrogen and oxygen atoms in total. The molecule has 24 heavy (non-hydrogen) atoms. The molecule has 1 aliphatic heterocycles. The molecule has 1 saturated carbocycles. The largest absolute Gasteiger partial charge is 0.344 e. The molecule has 0 radical (unpaired) electrons. The van der Waals surface area contributed by atoms with Gasteiger partial charge in [0.15, 0.2) is 0 Å². The van der Waals surface area contributed by atoms with Gasteiger partial charge < -0.3 is 10.2 Å². The van der Waals surface area contributed by atoms with Crippen LogP contribution in [0.2, 0.25) is 0 Å². The number of benzene rings is 1. The molecule has 1 heterocycles. The van der Waals surface area contributed by atoms with E-state index < -0.39 is 0 Å². The van der Waals surface area contributed by atoms with Crippen molar-refractivity contribution in [2.24, 2.45) is 0 Å². The minimum atomic E-state index is -0.152. The van der Waals surface area contributed by atoms with Gasteiger partial charge in [0.1, 0.15) is 0 Å². The summed E-state index contributed by atoms with van der Waals surface area (Å²) in [6.45, 7) is 1.34. The summed E-state index contributed by atoms with van der Waals surface area (Å²) in [5.74, 6) is 0.156. The van der Waals surface area contributed by atoms with Crippen LogP contribution in [-0.2, 0) is 9.59 Å². The molecule has 1 unspecified atom stereocenters. The summed E-state index contributed by atoms with van der Waals surface area (Å²) in [4.78, 5) is 26.3. The van der Waals surface area contributed by atoms with Gasteiger partial charge in [0.2, 0.25) is 11.8 Å². The van der Waals surface area contributed by atoms with E-state index in [-0.39, 0.29) is 17.9 Å². The molecule has 3 rings (SSSR count). The smallest absolute Gasteiger partial charge is 0.244 e.